The summed E-state index contributed by atoms with van der Waals surface area (Å²) < 4.78 is 0. The Morgan fingerprint density at radius 1 is 1.60 bits per heavy atom. The van der Waals surface area contributed by atoms with Crippen LogP contribution in [0.15, 0.2) is 0 Å². The summed E-state index contributed by atoms with van der Waals surface area (Å²) >= 11 is 1.24. The summed E-state index contributed by atoms with van der Waals surface area (Å²) in [4.78, 5) is 11.1. The Kier molecular flexibility index (Phi) is 3.64. The van der Waals surface area contributed by atoms with E-state index >= 15 is 0 Å². The van der Waals surface area contributed by atoms with Gasteiger partial charge >= 0.3 is 0 Å². The number of thioether (sulfide) groups is 1. The zero-order valence-corrected chi connectivity index (χ0v) is 7.42. The topological polar surface area (TPSA) is 40.9 Å². The highest BCUT2D eigenvalue weighted by atomic mass is 32.2. The lowest BCUT2D eigenvalue weighted by Crippen LogP contribution is -2.21. The number of rotatable bonds is 3. The minimum Gasteiger partial charge on any atom is -0.302 e. The third-order valence-electron chi connectivity index (χ3n) is 1.13. The molecule has 0 radical (unpaired) electrons. The van der Waals surface area contributed by atoms with E-state index in [0.29, 0.717) is 5.75 Å². The van der Waals surface area contributed by atoms with E-state index in [9.17, 15) is 4.79 Å². The van der Waals surface area contributed by atoms with Crippen LogP contribution in [-0.2, 0) is 4.79 Å². The summed E-state index contributed by atoms with van der Waals surface area (Å²) in [6.45, 7) is 5.67. The van der Waals surface area contributed by atoms with E-state index in [0.717, 1.165) is 0 Å². The van der Waals surface area contributed by atoms with Gasteiger partial charge in [-0.2, -0.15) is 0 Å². The molecule has 0 unspecified atom stereocenters. The number of carbonyl (C=O) groups is 1. The van der Waals surface area contributed by atoms with Gasteiger partial charge in [-0.15, -0.1) is 11.8 Å². The Morgan fingerprint density at radius 3 is 2.40 bits per heavy atom. The zero-order chi connectivity index (χ0) is 8.20. The van der Waals surface area contributed by atoms with Crippen molar-refractivity contribution in [3.05, 3.63) is 0 Å². The maximum atomic E-state index is 11.1. The SMILES string of the molecule is CC(C)(C)C(=O)CSC=N. The van der Waals surface area contributed by atoms with Crippen molar-refractivity contribution in [1.82, 2.24) is 0 Å². The first-order valence-electron chi connectivity index (χ1n) is 3.12. The Labute approximate surface area is 65.9 Å². The Hall–Kier alpha value is -0.310. The van der Waals surface area contributed by atoms with E-state index < -0.39 is 0 Å². The maximum absolute atomic E-state index is 11.1. The van der Waals surface area contributed by atoms with Crippen molar-refractivity contribution in [2.24, 2.45) is 5.41 Å². The van der Waals surface area contributed by atoms with Crippen LogP contribution in [-0.4, -0.2) is 17.1 Å². The monoisotopic (exact) mass is 159 g/mol. The van der Waals surface area contributed by atoms with Gasteiger partial charge in [0, 0.05) is 5.41 Å². The lowest BCUT2D eigenvalue weighted by atomic mass is 9.92. The van der Waals surface area contributed by atoms with Crippen LogP contribution in [0.2, 0.25) is 0 Å². The fourth-order valence-electron chi connectivity index (χ4n) is 0.334. The second-order valence-electron chi connectivity index (χ2n) is 3.10. The maximum Gasteiger partial charge on any atom is 0.148 e. The fraction of sp³-hybridized carbons (Fsp3) is 0.714. The highest BCUT2D eigenvalue weighted by molar-refractivity contribution is 8.12. The molecule has 2 nitrogen and oxygen atoms in total. The van der Waals surface area contributed by atoms with E-state index in [-0.39, 0.29) is 11.2 Å². The molecular formula is C7H13NOS. The second kappa shape index (κ2) is 3.76. The van der Waals surface area contributed by atoms with Gasteiger partial charge in [0.25, 0.3) is 0 Å². The van der Waals surface area contributed by atoms with E-state index in [2.05, 4.69) is 0 Å². The lowest BCUT2D eigenvalue weighted by Gasteiger charge is -2.14. The summed E-state index contributed by atoms with van der Waals surface area (Å²) in [7, 11) is 0. The average molecular weight is 159 g/mol. The van der Waals surface area contributed by atoms with Crippen LogP contribution in [0.1, 0.15) is 20.8 Å². The molecule has 0 amide bonds. The number of hydrogen-bond acceptors (Lipinski definition) is 3. The predicted molar refractivity (Wildman–Crippen MR) is 45.7 cm³/mol. The van der Waals surface area contributed by atoms with Crippen LogP contribution < -0.4 is 0 Å². The second-order valence-corrected chi connectivity index (χ2v) is 3.96. The Bertz CT molecular complexity index is 137. The van der Waals surface area contributed by atoms with Crippen molar-refractivity contribution in [2.75, 3.05) is 5.75 Å². The quantitative estimate of drug-likeness (QED) is 0.505. The minimum absolute atomic E-state index is 0.195. The summed E-state index contributed by atoms with van der Waals surface area (Å²) in [6.07, 6.45) is 0. The molecule has 0 heterocycles. The summed E-state index contributed by atoms with van der Waals surface area (Å²) in [6, 6.07) is 0. The largest absolute Gasteiger partial charge is 0.302 e. The molecule has 0 bridgehead atoms. The summed E-state index contributed by atoms with van der Waals surface area (Å²) in [5, 5.41) is 6.69. The first-order valence-corrected chi connectivity index (χ1v) is 4.17. The standard InChI is InChI=1S/C7H13NOS/c1-7(2,3)6(9)4-10-5-8/h5,8H,4H2,1-3H3. The van der Waals surface area contributed by atoms with Gasteiger partial charge in [-0.1, -0.05) is 20.8 Å². The van der Waals surface area contributed by atoms with Crippen molar-refractivity contribution in [1.29, 1.82) is 5.41 Å². The molecule has 0 aromatic carbocycles. The van der Waals surface area contributed by atoms with Gasteiger partial charge in [-0.3, -0.25) is 4.79 Å². The van der Waals surface area contributed by atoms with Gasteiger partial charge in [-0.25, -0.2) is 0 Å². The molecule has 0 aliphatic rings. The molecule has 0 rings (SSSR count). The number of carbonyl (C=O) groups excluding carboxylic acids is 1. The Morgan fingerprint density at radius 2 is 2.10 bits per heavy atom. The molecular weight excluding hydrogens is 146 g/mol. The molecule has 0 spiro atoms. The van der Waals surface area contributed by atoms with Crippen LogP contribution in [0, 0.1) is 10.8 Å². The highest BCUT2D eigenvalue weighted by Gasteiger charge is 2.19. The van der Waals surface area contributed by atoms with E-state index in [1.165, 1.54) is 17.3 Å². The van der Waals surface area contributed by atoms with Crippen LogP contribution in [0.3, 0.4) is 0 Å². The van der Waals surface area contributed by atoms with Gasteiger partial charge in [0.05, 0.1) is 11.3 Å². The molecule has 58 valence electrons. The van der Waals surface area contributed by atoms with Gasteiger partial charge in [0.15, 0.2) is 0 Å². The number of hydrogen-bond donors (Lipinski definition) is 1. The smallest absolute Gasteiger partial charge is 0.148 e. The lowest BCUT2D eigenvalue weighted by molar-refractivity contribution is -0.123. The number of Topliss-reactive ketones (excluding diaryl/α,β-unsaturated/α-hetero) is 1. The number of ketones is 1. The molecule has 0 aliphatic heterocycles. The van der Waals surface area contributed by atoms with Crippen LogP contribution >= 0.6 is 11.8 Å². The van der Waals surface area contributed by atoms with Gasteiger partial charge in [-0.05, 0) is 0 Å². The highest BCUT2D eigenvalue weighted by Crippen LogP contribution is 2.16. The van der Waals surface area contributed by atoms with Crippen molar-refractivity contribution >= 4 is 23.1 Å². The average Bonchev–Trinajstić information content (AvgIpc) is 1.80. The van der Waals surface area contributed by atoms with Crippen molar-refractivity contribution in [2.45, 2.75) is 20.8 Å². The van der Waals surface area contributed by atoms with Crippen molar-refractivity contribution in [3.63, 3.8) is 0 Å². The summed E-state index contributed by atoms with van der Waals surface area (Å²) in [5.41, 5.74) is 0.944. The Balaban J connectivity index is 3.74. The molecule has 10 heavy (non-hydrogen) atoms. The normalized spacial score (nSPS) is 11.1. The van der Waals surface area contributed by atoms with Crippen LogP contribution in [0.4, 0.5) is 0 Å². The van der Waals surface area contributed by atoms with Crippen molar-refractivity contribution < 1.29 is 4.79 Å². The molecule has 1 N–H and O–H groups in total. The van der Waals surface area contributed by atoms with Crippen molar-refractivity contribution in [3.8, 4) is 0 Å². The van der Waals surface area contributed by atoms with Gasteiger partial charge in [0.2, 0.25) is 0 Å². The van der Waals surface area contributed by atoms with Gasteiger partial charge < -0.3 is 5.41 Å². The molecule has 0 saturated carbocycles. The molecule has 0 aromatic heterocycles. The van der Waals surface area contributed by atoms with E-state index in [1.807, 2.05) is 20.8 Å². The predicted octanol–water partition coefficient (Wildman–Crippen LogP) is 1.94. The molecule has 0 fully saturated rings. The molecule has 3 heteroatoms. The van der Waals surface area contributed by atoms with Crippen LogP contribution in [0.25, 0.3) is 0 Å². The first-order chi connectivity index (χ1) is 4.48. The summed E-state index contributed by atoms with van der Waals surface area (Å²) in [5.74, 6) is 0.619. The molecule has 0 atom stereocenters. The van der Waals surface area contributed by atoms with Gasteiger partial charge in [0.1, 0.15) is 5.78 Å². The molecule has 0 saturated heterocycles. The minimum atomic E-state index is -0.254. The zero-order valence-electron chi connectivity index (χ0n) is 6.60. The van der Waals surface area contributed by atoms with E-state index in [1.54, 1.807) is 0 Å². The third-order valence-corrected chi connectivity index (χ3v) is 1.73. The molecule has 0 aromatic rings. The third kappa shape index (κ3) is 3.67. The van der Waals surface area contributed by atoms with Crippen LogP contribution in [0.5, 0.6) is 0 Å². The first kappa shape index (κ1) is 9.69. The fourth-order valence-corrected chi connectivity index (χ4v) is 1.00. The molecule has 0 aliphatic carbocycles. The van der Waals surface area contributed by atoms with E-state index in [4.69, 9.17) is 5.41 Å². The number of nitrogens with one attached hydrogen (secondary N) is 1.